The van der Waals surface area contributed by atoms with E-state index in [9.17, 15) is 5.11 Å². The molecule has 0 bridgehead atoms. The number of hydrogen-bond acceptors (Lipinski definition) is 2. The summed E-state index contributed by atoms with van der Waals surface area (Å²) in [6.07, 6.45) is 1.06. The van der Waals surface area contributed by atoms with Gasteiger partial charge in [-0.25, -0.2) is 0 Å². The number of phenolic OH excluding ortho intramolecular Hbond substituents is 1. The third-order valence-corrected chi connectivity index (χ3v) is 1.47. The molecular weight excluding hydrogens is 174 g/mol. The first-order chi connectivity index (χ1) is 5.34. The Bertz CT molecular complexity index is 228. The molecular formula is C9H14ClNO. The first-order valence-electron chi connectivity index (χ1n) is 3.86. The fraction of sp³-hybridized carbons (Fsp3) is 0.333. The molecule has 0 aromatic heterocycles. The average molecular weight is 188 g/mol. The molecule has 0 aliphatic heterocycles. The second kappa shape index (κ2) is 5.72. The molecule has 2 N–H and O–H groups in total. The van der Waals surface area contributed by atoms with E-state index in [0.29, 0.717) is 5.75 Å². The van der Waals surface area contributed by atoms with Crippen LogP contribution in [-0.4, -0.2) is 11.7 Å². The number of anilines is 1. The van der Waals surface area contributed by atoms with Gasteiger partial charge < -0.3 is 10.4 Å². The van der Waals surface area contributed by atoms with E-state index in [2.05, 4.69) is 12.2 Å². The highest BCUT2D eigenvalue weighted by atomic mass is 35.5. The zero-order chi connectivity index (χ0) is 8.10. The fourth-order valence-corrected chi connectivity index (χ4v) is 0.883. The highest BCUT2D eigenvalue weighted by Gasteiger charge is 1.94. The third kappa shape index (κ3) is 3.01. The molecule has 0 aliphatic rings. The van der Waals surface area contributed by atoms with Crippen molar-refractivity contribution in [1.82, 2.24) is 0 Å². The molecule has 3 heteroatoms. The van der Waals surface area contributed by atoms with Crippen molar-refractivity contribution >= 4 is 18.1 Å². The monoisotopic (exact) mass is 187 g/mol. The van der Waals surface area contributed by atoms with Gasteiger partial charge in [-0.05, 0) is 18.6 Å². The Balaban J connectivity index is 0.00000121. The zero-order valence-corrected chi connectivity index (χ0v) is 7.90. The molecule has 1 aromatic carbocycles. The van der Waals surface area contributed by atoms with Crippen LogP contribution in [0.3, 0.4) is 0 Å². The van der Waals surface area contributed by atoms with Crippen molar-refractivity contribution in [2.45, 2.75) is 13.3 Å². The van der Waals surface area contributed by atoms with Crippen molar-refractivity contribution in [3.8, 4) is 5.75 Å². The van der Waals surface area contributed by atoms with Gasteiger partial charge in [0.2, 0.25) is 0 Å². The van der Waals surface area contributed by atoms with Crippen molar-refractivity contribution < 1.29 is 5.11 Å². The molecule has 0 amide bonds. The second-order valence-corrected chi connectivity index (χ2v) is 2.44. The lowest BCUT2D eigenvalue weighted by Gasteiger charge is -2.05. The number of rotatable bonds is 3. The summed E-state index contributed by atoms with van der Waals surface area (Å²) < 4.78 is 0. The summed E-state index contributed by atoms with van der Waals surface area (Å²) in [6, 6.07) is 7.26. The maximum atomic E-state index is 9.27. The van der Waals surface area contributed by atoms with Crippen molar-refractivity contribution in [1.29, 1.82) is 0 Å². The second-order valence-electron chi connectivity index (χ2n) is 2.44. The summed E-state index contributed by atoms with van der Waals surface area (Å²) in [5, 5.41) is 12.4. The summed E-state index contributed by atoms with van der Waals surface area (Å²) in [5.41, 5.74) is 0.814. The predicted octanol–water partition coefficient (Wildman–Crippen LogP) is 2.64. The topological polar surface area (TPSA) is 32.3 Å². The molecule has 68 valence electrons. The summed E-state index contributed by atoms with van der Waals surface area (Å²) in [7, 11) is 0. The van der Waals surface area contributed by atoms with Crippen LogP contribution in [0.15, 0.2) is 24.3 Å². The first kappa shape index (κ1) is 11.1. The highest BCUT2D eigenvalue weighted by molar-refractivity contribution is 5.85. The molecule has 0 atom stereocenters. The molecule has 0 saturated carbocycles. The van der Waals surface area contributed by atoms with Crippen LogP contribution in [-0.2, 0) is 0 Å². The Kier molecular flexibility index (Phi) is 5.30. The van der Waals surface area contributed by atoms with E-state index in [4.69, 9.17) is 0 Å². The van der Waals surface area contributed by atoms with Gasteiger partial charge in [-0.3, -0.25) is 0 Å². The van der Waals surface area contributed by atoms with Crippen molar-refractivity contribution in [3.05, 3.63) is 24.3 Å². The minimum atomic E-state index is 0. The standard InChI is InChI=1S/C9H13NO.ClH/c1-2-7-10-8-5-3-4-6-9(8)11;/h3-6,10-11H,2,7H2,1H3;1H. The van der Waals surface area contributed by atoms with E-state index in [1.807, 2.05) is 18.2 Å². The number of halogens is 1. The molecule has 0 saturated heterocycles. The normalized spacial score (nSPS) is 8.75. The lowest BCUT2D eigenvalue weighted by Crippen LogP contribution is -1.98. The van der Waals surface area contributed by atoms with E-state index in [1.165, 1.54) is 0 Å². The largest absolute Gasteiger partial charge is 0.506 e. The van der Waals surface area contributed by atoms with Crippen LogP contribution in [0.25, 0.3) is 0 Å². The first-order valence-corrected chi connectivity index (χ1v) is 3.86. The van der Waals surface area contributed by atoms with Gasteiger partial charge in [0.05, 0.1) is 5.69 Å². The minimum Gasteiger partial charge on any atom is -0.506 e. The smallest absolute Gasteiger partial charge is 0.138 e. The summed E-state index contributed by atoms with van der Waals surface area (Å²) in [4.78, 5) is 0. The number of hydrogen-bond donors (Lipinski definition) is 2. The quantitative estimate of drug-likeness (QED) is 0.714. The lowest BCUT2D eigenvalue weighted by molar-refractivity contribution is 0.477. The molecule has 1 rings (SSSR count). The maximum absolute atomic E-state index is 9.27. The number of aromatic hydroxyl groups is 1. The van der Waals surface area contributed by atoms with Gasteiger partial charge >= 0.3 is 0 Å². The van der Waals surface area contributed by atoms with Gasteiger partial charge in [0.25, 0.3) is 0 Å². The molecule has 0 fully saturated rings. The number of nitrogens with one attached hydrogen (secondary N) is 1. The van der Waals surface area contributed by atoms with Gasteiger partial charge in [-0.2, -0.15) is 0 Å². The van der Waals surface area contributed by atoms with Crippen LogP contribution in [0, 0.1) is 0 Å². The maximum Gasteiger partial charge on any atom is 0.138 e. The van der Waals surface area contributed by atoms with Crippen molar-refractivity contribution in [3.63, 3.8) is 0 Å². The summed E-state index contributed by atoms with van der Waals surface area (Å²) in [6.45, 7) is 2.99. The van der Waals surface area contributed by atoms with Crippen LogP contribution >= 0.6 is 12.4 Å². The highest BCUT2D eigenvalue weighted by Crippen LogP contribution is 2.20. The Morgan fingerprint density at radius 3 is 2.58 bits per heavy atom. The zero-order valence-electron chi connectivity index (χ0n) is 7.08. The van der Waals surface area contributed by atoms with Gasteiger partial charge in [0, 0.05) is 6.54 Å². The van der Waals surface area contributed by atoms with Crippen LogP contribution in [0.2, 0.25) is 0 Å². The van der Waals surface area contributed by atoms with Crippen LogP contribution in [0.5, 0.6) is 5.75 Å². The van der Waals surface area contributed by atoms with Gasteiger partial charge in [-0.15, -0.1) is 12.4 Å². The molecule has 0 spiro atoms. The molecule has 2 nitrogen and oxygen atoms in total. The molecule has 0 heterocycles. The number of benzene rings is 1. The Hall–Kier alpha value is -0.890. The van der Waals surface area contributed by atoms with Crippen LogP contribution in [0.4, 0.5) is 5.69 Å². The Morgan fingerprint density at radius 2 is 2.00 bits per heavy atom. The van der Waals surface area contributed by atoms with Gasteiger partial charge in [-0.1, -0.05) is 19.1 Å². The SMILES string of the molecule is CCCNc1ccccc1O.Cl. The average Bonchev–Trinajstić information content (AvgIpc) is 2.03. The Morgan fingerprint density at radius 1 is 1.33 bits per heavy atom. The van der Waals surface area contributed by atoms with E-state index >= 15 is 0 Å². The van der Waals surface area contributed by atoms with Crippen LogP contribution < -0.4 is 5.32 Å². The molecule has 0 radical (unpaired) electrons. The van der Waals surface area contributed by atoms with Crippen molar-refractivity contribution in [2.24, 2.45) is 0 Å². The third-order valence-electron chi connectivity index (χ3n) is 1.47. The van der Waals surface area contributed by atoms with E-state index < -0.39 is 0 Å². The van der Waals surface area contributed by atoms with Gasteiger partial charge in [0.15, 0.2) is 0 Å². The Labute approximate surface area is 79.0 Å². The molecule has 0 unspecified atom stereocenters. The lowest BCUT2D eigenvalue weighted by atomic mass is 10.3. The predicted molar refractivity (Wildman–Crippen MR) is 54.1 cm³/mol. The molecule has 12 heavy (non-hydrogen) atoms. The summed E-state index contributed by atoms with van der Waals surface area (Å²) >= 11 is 0. The number of para-hydroxylation sites is 2. The van der Waals surface area contributed by atoms with E-state index in [1.54, 1.807) is 6.07 Å². The fourth-order valence-electron chi connectivity index (χ4n) is 0.883. The van der Waals surface area contributed by atoms with Gasteiger partial charge in [0.1, 0.15) is 5.75 Å². The van der Waals surface area contributed by atoms with Crippen LogP contribution in [0.1, 0.15) is 13.3 Å². The molecule has 1 aromatic rings. The number of phenols is 1. The summed E-state index contributed by atoms with van der Waals surface area (Å²) in [5.74, 6) is 0.320. The van der Waals surface area contributed by atoms with Crippen molar-refractivity contribution in [2.75, 3.05) is 11.9 Å². The molecule has 0 aliphatic carbocycles. The van der Waals surface area contributed by atoms with E-state index in [0.717, 1.165) is 18.7 Å². The van der Waals surface area contributed by atoms with E-state index in [-0.39, 0.29) is 12.4 Å². The minimum absolute atomic E-state index is 0.